The van der Waals surface area contributed by atoms with Crippen molar-refractivity contribution in [1.29, 1.82) is 0 Å². The fourth-order valence-electron chi connectivity index (χ4n) is 9.54. The van der Waals surface area contributed by atoms with Crippen molar-refractivity contribution < 1.29 is 9.90 Å². The highest BCUT2D eigenvalue weighted by molar-refractivity contribution is 5.75. The molecule has 3 heteroatoms. The summed E-state index contributed by atoms with van der Waals surface area (Å²) in [7, 11) is 0. The number of hydrogen-bond donors (Lipinski definition) is 2. The van der Waals surface area contributed by atoms with Gasteiger partial charge in [0.1, 0.15) is 0 Å². The number of carbonyl (C=O) groups is 1. The maximum atomic E-state index is 12.2. The molecule has 2 fully saturated rings. The average Bonchev–Trinajstić information content (AvgIpc) is 3.05. The van der Waals surface area contributed by atoms with E-state index >= 15 is 0 Å². The lowest BCUT2D eigenvalue weighted by atomic mass is 9.43. The Labute approximate surface area is 203 Å². The molecule has 0 heterocycles. The van der Waals surface area contributed by atoms with E-state index in [9.17, 15) is 9.90 Å². The van der Waals surface area contributed by atoms with E-state index in [1.807, 2.05) is 5.57 Å². The topological polar surface area (TPSA) is 49.3 Å². The molecule has 0 spiro atoms. The summed E-state index contributed by atoms with van der Waals surface area (Å²) in [6.07, 6.45) is 12.3. The van der Waals surface area contributed by atoms with E-state index in [0.29, 0.717) is 35.0 Å². The smallest absolute Gasteiger partial charge is 0.220 e. The summed E-state index contributed by atoms with van der Waals surface area (Å²) in [6, 6.07) is 0. The first-order valence-electron chi connectivity index (χ1n) is 14.1. The first-order valence-corrected chi connectivity index (χ1v) is 14.1. The summed E-state index contributed by atoms with van der Waals surface area (Å²) in [5.74, 6) is 2.14. The van der Waals surface area contributed by atoms with Crippen LogP contribution in [0.5, 0.6) is 0 Å². The zero-order valence-electron chi connectivity index (χ0n) is 22.7. The van der Waals surface area contributed by atoms with Gasteiger partial charge in [-0.05, 0) is 104 Å². The van der Waals surface area contributed by atoms with E-state index in [0.717, 1.165) is 32.2 Å². The van der Waals surface area contributed by atoms with Crippen LogP contribution in [0, 0.1) is 39.4 Å². The molecule has 3 nitrogen and oxygen atoms in total. The second kappa shape index (κ2) is 8.68. The van der Waals surface area contributed by atoms with Gasteiger partial charge in [0.05, 0.1) is 6.10 Å². The van der Waals surface area contributed by atoms with Crippen LogP contribution >= 0.6 is 0 Å². The van der Waals surface area contributed by atoms with Crippen molar-refractivity contribution in [2.75, 3.05) is 6.54 Å². The maximum absolute atomic E-state index is 12.2. The monoisotopic (exact) mass is 457 g/mol. The molecule has 0 saturated heterocycles. The normalized spacial score (nSPS) is 42.8. The minimum Gasteiger partial charge on any atom is -0.393 e. The van der Waals surface area contributed by atoms with Crippen molar-refractivity contribution in [3.8, 4) is 0 Å². The van der Waals surface area contributed by atoms with Crippen molar-refractivity contribution >= 4 is 5.91 Å². The zero-order valence-corrected chi connectivity index (χ0v) is 22.7. The van der Waals surface area contributed by atoms with Crippen molar-refractivity contribution in [1.82, 2.24) is 5.32 Å². The van der Waals surface area contributed by atoms with Gasteiger partial charge in [0.2, 0.25) is 5.91 Å². The molecule has 0 aromatic heterocycles. The Balaban J connectivity index is 1.57. The Bertz CT molecular complexity index is 799. The number of aliphatic hydroxyl groups is 1. The van der Waals surface area contributed by atoms with Crippen LogP contribution in [-0.4, -0.2) is 23.7 Å². The highest BCUT2D eigenvalue weighted by Crippen LogP contribution is 2.72. The second-order valence-electron chi connectivity index (χ2n) is 13.6. The van der Waals surface area contributed by atoms with Gasteiger partial charge in [-0.15, -0.1) is 0 Å². The van der Waals surface area contributed by atoms with Crippen molar-refractivity contribution in [3.63, 3.8) is 0 Å². The Hall–Kier alpha value is -0.830. The lowest BCUT2D eigenvalue weighted by molar-refractivity contribution is -0.121. The second-order valence-corrected chi connectivity index (χ2v) is 13.6. The quantitative estimate of drug-likeness (QED) is 0.420. The fourth-order valence-corrected chi connectivity index (χ4v) is 9.54. The summed E-state index contributed by atoms with van der Waals surface area (Å²) >= 11 is 0. The lowest BCUT2D eigenvalue weighted by Gasteiger charge is -2.62. The molecule has 4 aliphatic rings. The van der Waals surface area contributed by atoms with Crippen LogP contribution in [0.4, 0.5) is 0 Å². The molecule has 2 saturated carbocycles. The van der Waals surface area contributed by atoms with Crippen LogP contribution in [0.15, 0.2) is 11.1 Å². The first kappa shape index (κ1) is 25.3. The van der Waals surface area contributed by atoms with Crippen LogP contribution in [0.2, 0.25) is 0 Å². The fraction of sp³-hybridized carbons (Fsp3) is 0.900. The van der Waals surface area contributed by atoms with E-state index in [-0.39, 0.29) is 22.8 Å². The minimum atomic E-state index is -0.159. The zero-order chi connectivity index (χ0) is 24.2. The van der Waals surface area contributed by atoms with Crippen LogP contribution in [0.1, 0.15) is 119 Å². The molecule has 0 aromatic carbocycles. The molecule has 0 unspecified atom stereocenters. The van der Waals surface area contributed by atoms with Gasteiger partial charge in [-0.3, -0.25) is 4.79 Å². The minimum absolute atomic E-state index is 0.0122. The molecular weight excluding hydrogens is 406 g/mol. The van der Waals surface area contributed by atoms with E-state index in [4.69, 9.17) is 0 Å². The molecule has 4 rings (SSSR count). The Morgan fingerprint density at radius 2 is 1.76 bits per heavy atom. The number of nitrogens with one attached hydrogen (secondary N) is 1. The van der Waals surface area contributed by atoms with Gasteiger partial charge in [-0.25, -0.2) is 0 Å². The van der Waals surface area contributed by atoms with E-state index in [1.165, 1.54) is 38.5 Å². The van der Waals surface area contributed by atoms with Crippen LogP contribution < -0.4 is 5.32 Å². The Morgan fingerprint density at radius 3 is 2.45 bits per heavy atom. The van der Waals surface area contributed by atoms with Gasteiger partial charge < -0.3 is 10.4 Å². The number of rotatable bonds is 6. The average molecular weight is 458 g/mol. The standard InChI is InChI=1S/C30H51NO2/c1-8-19-31-26(33)12-9-20(2)21-13-17-30(7)23-10-11-24-27(3,4)25(32)15-16-28(24,5)22(23)14-18-29(21,30)6/h20-21,24-25,32H,8-19H2,1-7H3,(H,31,33)/t20-,21-,24+,25+,28-,29-,30+/m1/s1. The molecule has 0 radical (unpaired) electrons. The number of carbonyl (C=O) groups excluding carboxylic acids is 1. The van der Waals surface area contributed by atoms with Crippen molar-refractivity contribution in [2.45, 2.75) is 125 Å². The summed E-state index contributed by atoms with van der Waals surface area (Å²) < 4.78 is 0. The van der Waals surface area contributed by atoms with Crippen molar-refractivity contribution in [2.24, 2.45) is 39.4 Å². The van der Waals surface area contributed by atoms with E-state index in [2.05, 4.69) is 53.8 Å². The van der Waals surface area contributed by atoms with Gasteiger partial charge in [0.25, 0.3) is 0 Å². The highest BCUT2D eigenvalue weighted by Gasteiger charge is 2.63. The number of hydrogen-bond acceptors (Lipinski definition) is 2. The molecule has 0 aliphatic heterocycles. The van der Waals surface area contributed by atoms with Crippen molar-refractivity contribution in [3.05, 3.63) is 11.1 Å². The van der Waals surface area contributed by atoms with Gasteiger partial charge in [0, 0.05) is 13.0 Å². The molecule has 0 bridgehead atoms. The lowest BCUT2D eigenvalue weighted by Crippen LogP contribution is -2.55. The molecule has 188 valence electrons. The number of allylic oxidation sites excluding steroid dienone is 2. The largest absolute Gasteiger partial charge is 0.393 e. The summed E-state index contributed by atoms with van der Waals surface area (Å²) in [4.78, 5) is 12.2. The molecule has 7 atom stereocenters. The van der Waals surface area contributed by atoms with E-state index in [1.54, 1.807) is 5.57 Å². The summed E-state index contributed by atoms with van der Waals surface area (Å²) in [6.45, 7) is 17.7. The highest BCUT2D eigenvalue weighted by atomic mass is 16.3. The third-order valence-corrected chi connectivity index (χ3v) is 11.9. The summed E-state index contributed by atoms with van der Waals surface area (Å²) in [5.41, 5.74) is 4.54. The van der Waals surface area contributed by atoms with Gasteiger partial charge in [-0.1, -0.05) is 59.6 Å². The van der Waals surface area contributed by atoms with Gasteiger partial charge in [-0.2, -0.15) is 0 Å². The molecule has 4 aliphatic carbocycles. The maximum Gasteiger partial charge on any atom is 0.220 e. The predicted molar refractivity (Wildman–Crippen MR) is 137 cm³/mol. The number of aliphatic hydroxyl groups excluding tert-OH is 1. The third-order valence-electron chi connectivity index (χ3n) is 11.9. The molecule has 1 amide bonds. The number of amides is 1. The molecule has 33 heavy (non-hydrogen) atoms. The molecule has 2 N–H and O–H groups in total. The summed E-state index contributed by atoms with van der Waals surface area (Å²) in [5, 5.41) is 13.9. The van der Waals surface area contributed by atoms with Gasteiger partial charge >= 0.3 is 0 Å². The SMILES string of the molecule is CCCNC(=O)CC[C@@H](C)[C@H]1CC[C@@]2(C)C3=C(CC[C@]12C)[C@@]1(C)CC[C@H](O)C(C)(C)[C@@H]1CC3. The van der Waals surface area contributed by atoms with Crippen LogP contribution in [0.3, 0.4) is 0 Å². The van der Waals surface area contributed by atoms with Crippen LogP contribution in [0.25, 0.3) is 0 Å². The van der Waals surface area contributed by atoms with Gasteiger partial charge in [0.15, 0.2) is 0 Å². The third kappa shape index (κ3) is 3.74. The van der Waals surface area contributed by atoms with E-state index < -0.39 is 0 Å². The predicted octanol–water partition coefficient (Wildman–Crippen LogP) is 7.04. The molecular formula is C30H51NO2. The molecule has 0 aromatic rings. The Morgan fingerprint density at radius 1 is 1.03 bits per heavy atom. The Kier molecular flexibility index (Phi) is 6.65. The number of fused-ring (bicyclic) bond motifs is 4. The first-order chi connectivity index (χ1) is 15.4. The van der Waals surface area contributed by atoms with Crippen LogP contribution in [-0.2, 0) is 4.79 Å².